The monoisotopic (exact) mass is 224 g/mol. The molecule has 0 saturated heterocycles. The fourth-order valence-corrected chi connectivity index (χ4v) is 4.55. The van der Waals surface area contributed by atoms with Gasteiger partial charge in [0.1, 0.15) is 0 Å². The molecule has 2 aliphatic rings. The summed E-state index contributed by atoms with van der Waals surface area (Å²) in [6, 6.07) is 17.8. The molecule has 0 aromatic heterocycles. The quantitative estimate of drug-likeness (QED) is 0.655. The molecule has 0 saturated carbocycles. The van der Waals surface area contributed by atoms with E-state index in [0.29, 0.717) is 5.92 Å². The van der Waals surface area contributed by atoms with Crippen molar-refractivity contribution in [1.29, 1.82) is 0 Å². The molecule has 1 aliphatic heterocycles. The average Bonchev–Trinajstić information content (AvgIpc) is 2.83. The van der Waals surface area contributed by atoms with Crippen LogP contribution in [0.1, 0.15) is 22.6 Å². The third-order valence-corrected chi connectivity index (χ3v) is 5.08. The van der Waals surface area contributed by atoms with Crippen molar-refractivity contribution in [3.05, 3.63) is 65.2 Å². The molecule has 0 radical (unpaired) electrons. The molecule has 16 heavy (non-hydrogen) atoms. The Kier molecular flexibility index (Phi) is 1.75. The number of benzene rings is 2. The van der Waals surface area contributed by atoms with Crippen molar-refractivity contribution in [2.24, 2.45) is 0 Å². The van der Waals surface area contributed by atoms with Gasteiger partial charge in [-0.2, -0.15) is 0 Å². The van der Waals surface area contributed by atoms with E-state index in [9.17, 15) is 0 Å². The van der Waals surface area contributed by atoms with E-state index < -0.39 is 0 Å². The van der Waals surface area contributed by atoms with Gasteiger partial charge in [-0.05, 0) is 29.2 Å². The summed E-state index contributed by atoms with van der Waals surface area (Å²) in [5.41, 5.74) is 4.66. The smallest absolute Gasteiger partial charge is 0.0245 e. The van der Waals surface area contributed by atoms with Gasteiger partial charge < -0.3 is 0 Å². The van der Waals surface area contributed by atoms with E-state index in [4.69, 9.17) is 0 Å². The standard InChI is InChI=1S/C15H12S/c1-2-6-11-10(5-1)9-14-15(11)12-7-3-4-8-13(12)16-14/h1-8,14-15H,9H2. The lowest BCUT2D eigenvalue weighted by Crippen LogP contribution is -2.04. The molecule has 2 atom stereocenters. The Morgan fingerprint density at radius 2 is 1.62 bits per heavy atom. The number of hydrogen-bond donors (Lipinski definition) is 0. The van der Waals surface area contributed by atoms with E-state index in [1.165, 1.54) is 11.3 Å². The lowest BCUT2D eigenvalue weighted by molar-refractivity contribution is 0.822. The highest BCUT2D eigenvalue weighted by molar-refractivity contribution is 8.00. The van der Waals surface area contributed by atoms with Crippen molar-refractivity contribution in [3.63, 3.8) is 0 Å². The number of hydrogen-bond acceptors (Lipinski definition) is 1. The summed E-state index contributed by atoms with van der Waals surface area (Å²) in [6.07, 6.45) is 1.24. The maximum absolute atomic E-state index is 2.31. The van der Waals surface area contributed by atoms with E-state index in [0.717, 1.165) is 5.25 Å². The van der Waals surface area contributed by atoms with Gasteiger partial charge in [-0.3, -0.25) is 0 Å². The Labute approximate surface area is 99.7 Å². The molecule has 1 heteroatoms. The fraction of sp³-hybridized carbons (Fsp3) is 0.200. The molecule has 0 amide bonds. The largest absolute Gasteiger partial charge is 0.121 e. The molecule has 2 unspecified atom stereocenters. The zero-order valence-electron chi connectivity index (χ0n) is 8.89. The van der Waals surface area contributed by atoms with Crippen molar-refractivity contribution in [1.82, 2.24) is 0 Å². The van der Waals surface area contributed by atoms with Gasteiger partial charge in [0.15, 0.2) is 0 Å². The van der Waals surface area contributed by atoms with Crippen molar-refractivity contribution >= 4 is 11.8 Å². The first-order valence-corrected chi connectivity index (χ1v) is 6.65. The summed E-state index contributed by atoms with van der Waals surface area (Å²) < 4.78 is 0. The van der Waals surface area contributed by atoms with Crippen LogP contribution in [0.25, 0.3) is 0 Å². The van der Waals surface area contributed by atoms with Crippen LogP contribution in [0, 0.1) is 0 Å². The fourth-order valence-electron chi connectivity index (χ4n) is 3.04. The SMILES string of the molecule is c1ccc2c(c1)CC1Sc3ccccc3C21. The van der Waals surface area contributed by atoms with Crippen LogP contribution < -0.4 is 0 Å². The Hall–Kier alpha value is -1.21. The molecule has 1 heterocycles. The van der Waals surface area contributed by atoms with Gasteiger partial charge >= 0.3 is 0 Å². The van der Waals surface area contributed by atoms with Crippen molar-refractivity contribution in [2.75, 3.05) is 0 Å². The summed E-state index contributed by atoms with van der Waals surface area (Å²) >= 11 is 2.06. The minimum absolute atomic E-state index is 0.650. The van der Waals surface area contributed by atoms with Gasteiger partial charge in [-0.15, -0.1) is 11.8 Å². The van der Waals surface area contributed by atoms with Crippen LogP contribution in [0.2, 0.25) is 0 Å². The highest BCUT2D eigenvalue weighted by Gasteiger charge is 2.39. The number of thioether (sulfide) groups is 1. The second-order valence-electron chi connectivity index (χ2n) is 4.57. The predicted octanol–water partition coefficient (Wildman–Crippen LogP) is 3.85. The summed E-state index contributed by atoms with van der Waals surface area (Å²) in [6.45, 7) is 0. The highest BCUT2D eigenvalue weighted by atomic mass is 32.2. The molecular formula is C15H12S. The number of rotatable bonds is 0. The van der Waals surface area contributed by atoms with Crippen LogP contribution in [0.4, 0.5) is 0 Å². The average molecular weight is 224 g/mol. The molecule has 2 aromatic rings. The Morgan fingerprint density at radius 3 is 2.56 bits per heavy atom. The second kappa shape index (κ2) is 3.14. The molecule has 78 valence electrons. The molecule has 0 spiro atoms. The Morgan fingerprint density at radius 1 is 0.875 bits per heavy atom. The summed E-state index contributed by atoms with van der Waals surface area (Å²) in [5.74, 6) is 0.650. The first-order valence-electron chi connectivity index (χ1n) is 5.77. The summed E-state index contributed by atoms with van der Waals surface area (Å²) in [5, 5.41) is 0.745. The van der Waals surface area contributed by atoms with E-state index in [1.54, 1.807) is 16.7 Å². The van der Waals surface area contributed by atoms with Crippen LogP contribution in [-0.4, -0.2) is 5.25 Å². The van der Waals surface area contributed by atoms with Crippen molar-refractivity contribution in [2.45, 2.75) is 22.5 Å². The third kappa shape index (κ3) is 1.07. The minimum Gasteiger partial charge on any atom is -0.121 e. The van der Waals surface area contributed by atoms with E-state index in [2.05, 4.69) is 60.3 Å². The maximum Gasteiger partial charge on any atom is 0.0245 e. The minimum atomic E-state index is 0.650. The van der Waals surface area contributed by atoms with Gasteiger partial charge in [-0.1, -0.05) is 42.5 Å². The predicted molar refractivity (Wildman–Crippen MR) is 68.1 cm³/mol. The molecule has 4 rings (SSSR count). The van der Waals surface area contributed by atoms with E-state index >= 15 is 0 Å². The first kappa shape index (κ1) is 8.89. The van der Waals surface area contributed by atoms with Gasteiger partial charge in [0.2, 0.25) is 0 Å². The summed E-state index contributed by atoms with van der Waals surface area (Å²) in [4.78, 5) is 1.49. The summed E-state index contributed by atoms with van der Waals surface area (Å²) in [7, 11) is 0. The molecule has 0 nitrogen and oxygen atoms in total. The molecule has 0 N–H and O–H groups in total. The highest BCUT2D eigenvalue weighted by Crippen LogP contribution is 2.54. The van der Waals surface area contributed by atoms with Crippen molar-refractivity contribution in [3.8, 4) is 0 Å². The van der Waals surface area contributed by atoms with Gasteiger partial charge in [0, 0.05) is 16.1 Å². The van der Waals surface area contributed by atoms with E-state index in [-0.39, 0.29) is 0 Å². The van der Waals surface area contributed by atoms with E-state index in [1.807, 2.05) is 0 Å². The van der Waals surface area contributed by atoms with Crippen LogP contribution in [0.5, 0.6) is 0 Å². The first-order chi connectivity index (χ1) is 7.93. The zero-order valence-corrected chi connectivity index (χ0v) is 9.71. The van der Waals surface area contributed by atoms with Crippen LogP contribution in [0.3, 0.4) is 0 Å². The second-order valence-corrected chi connectivity index (χ2v) is 5.86. The van der Waals surface area contributed by atoms with Crippen LogP contribution in [0.15, 0.2) is 53.4 Å². The molecule has 0 fully saturated rings. The molecular weight excluding hydrogens is 212 g/mol. The molecule has 1 aliphatic carbocycles. The van der Waals surface area contributed by atoms with Crippen LogP contribution >= 0.6 is 11.8 Å². The Balaban J connectivity index is 1.93. The van der Waals surface area contributed by atoms with Gasteiger partial charge in [0.05, 0.1) is 0 Å². The number of fused-ring (bicyclic) bond motifs is 5. The lowest BCUT2D eigenvalue weighted by Gasteiger charge is -2.10. The lowest BCUT2D eigenvalue weighted by atomic mass is 9.93. The van der Waals surface area contributed by atoms with Gasteiger partial charge in [0.25, 0.3) is 0 Å². The van der Waals surface area contributed by atoms with Gasteiger partial charge in [-0.25, -0.2) is 0 Å². The Bertz CT molecular complexity index is 509. The van der Waals surface area contributed by atoms with Crippen molar-refractivity contribution < 1.29 is 0 Å². The topological polar surface area (TPSA) is 0 Å². The normalized spacial score (nSPS) is 25.0. The molecule has 0 bridgehead atoms. The third-order valence-electron chi connectivity index (χ3n) is 3.72. The van der Waals surface area contributed by atoms with Crippen LogP contribution in [-0.2, 0) is 6.42 Å². The zero-order chi connectivity index (χ0) is 10.5. The maximum atomic E-state index is 2.31. The molecule has 2 aromatic carbocycles.